The molecule has 2 aromatic rings. The summed E-state index contributed by atoms with van der Waals surface area (Å²) in [6.45, 7) is 0. The molecular weight excluding hydrogens is 364 g/mol. The van der Waals surface area contributed by atoms with Gasteiger partial charge in [-0.2, -0.15) is 0 Å². The van der Waals surface area contributed by atoms with Crippen LogP contribution in [-0.4, -0.2) is 36.6 Å². The molecule has 132 valence electrons. The molecule has 0 fully saturated rings. The number of hydrogen-bond donors (Lipinski definition) is 2. The van der Waals surface area contributed by atoms with Crippen molar-refractivity contribution in [1.29, 1.82) is 0 Å². The Kier molecular flexibility index (Phi) is 4.61. The van der Waals surface area contributed by atoms with Gasteiger partial charge in [0.15, 0.2) is 15.0 Å². The number of carbonyl (C=O) groups is 2. The largest absolute Gasteiger partial charge is 0.481 e. The fourth-order valence-corrected chi connectivity index (χ4v) is 4.39. The van der Waals surface area contributed by atoms with Gasteiger partial charge in [0.1, 0.15) is 0 Å². The zero-order valence-electron chi connectivity index (χ0n) is 13.3. The number of carboxylic acids is 1. The van der Waals surface area contributed by atoms with Crippen molar-refractivity contribution in [3.63, 3.8) is 0 Å². The maximum Gasteiger partial charge on any atom is 0.307 e. The Balaban J connectivity index is 1.84. The molecule has 1 amide bonds. The Bertz CT molecular complexity index is 978. The first kappa shape index (κ1) is 17.6. The Labute approximate surface area is 148 Å². The van der Waals surface area contributed by atoms with E-state index in [1.54, 1.807) is 18.2 Å². The molecule has 1 aliphatic rings. The lowest BCUT2D eigenvalue weighted by molar-refractivity contribution is -0.146. The number of allylic oxidation sites excluding steroid dienone is 2. The molecule has 1 aromatic heterocycles. The first-order valence-electron chi connectivity index (χ1n) is 7.55. The number of nitrogens with one attached hydrogen (secondary N) is 1. The average molecular weight is 380 g/mol. The molecule has 7 nitrogen and oxygen atoms in total. The second-order valence-electron chi connectivity index (χ2n) is 5.90. The maximum atomic E-state index is 12.4. The molecule has 1 heterocycles. The van der Waals surface area contributed by atoms with E-state index in [2.05, 4.69) is 10.3 Å². The number of nitrogens with zero attached hydrogens (tertiary/aromatic N) is 1. The van der Waals surface area contributed by atoms with Crippen LogP contribution < -0.4 is 5.32 Å². The molecule has 0 spiro atoms. The van der Waals surface area contributed by atoms with Crippen LogP contribution in [0.1, 0.15) is 12.8 Å². The summed E-state index contributed by atoms with van der Waals surface area (Å²) in [5.41, 5.74) is 0.575. The highest BCUT2D eigenvalue weighted by molar-refractivity contribution is 7.90. The van der Waals surface area contributed by atoms with E-state index < -0.39 is 27.6 Å². The van der Waals surface area contributed by atoms with Crippen LogP contribution >= 0.6 is 11.3 Å². The summed E-state index contributed by atoms with van der Waals surface area (Å²) in [7, 11) is -3.32. The zero-order chi connectivity index (χ0) is 18.2. The monoisotopic (exact) mass is 380 g/mol. The highest BCUT2D eigenvalue weighted by Gasteiger charge is 2.34. The van der Waals surface area contributed by atoms with Gasteiger partial charge in [-0.05, 0) is 31.0 Å². The lowest BCUT2D eigenvalue weighted by atomic mass is 9.82. The summed E-state index contributed by atoms with van der Waals surface area (Å²) < 4.78 is 23.9. The molecule has 1 aliphatic carbocycles. The number of thiazole rings is 1. The summed E-state index contributed by atoms with van der Waals surface area (Å²) in [5, 5.41) is 12.3. The molecule has 9 heteroatoms. The molecule has 0 saturated heterocycles. The van der Waals surface area contributed by atoms with E-state index in [1.165, 1.54) is 12.1 Å². The van der Waals surface area contributed by atoms with Crippen molar-refractivity contribution in [3.05, 3.63) is 30.4 Å². The highest BCUT2D eigenvalue weighted by atomic mass is 32.2. The second-order valence-corrected chi connectivity index (χ2v) is 8.95. The van der Waals surface area contributed by atoms with Gasteiger partial charge in [0.2, 0.25) is 5.91 Å². The van der Waals surface area contributed by atoms with Crippen LogP contribution in [-0.2, 0) is 19.4 Å². The number of carboxylic acid groups (broad SMARTS) is 1. The summed E-state index contributed by atoms with van der Waals surface area (Å²) in [5.74, 6) is -2.79. The number of hydrogen-bond acceptors (Lipinski definition) is 6. The lowest BCUT2D eigenvalue weighted by Crippen LogP contribution is -2.34. The minimum atomic E-state index is -3.32. The fourth-order valence-electron chi connectivity index (χ4n) is 2.76. The molecular formula is C16H16N2O5S2. The van der Waals surface area contributed by atoms with Crippen molar-refractivity contribution in [2.24, 2.45) is 11.8 Å². The number of aliphatic carboxylic acids is 1. The van der Waals surface area contributed by atoms with Gasteiger partial charge in [-0.25, -0.2) is 13.4 Å². The fraction of sp³-hybridized carbons (Fsp3) is 0.312. The molecule has 0 radical (unpaired) electrons. The SMILES string of the molecule is CS(=O)(=O)c1ccc2nc(NC(=O)C3CC=CCC3C(=O)O)sc2c1. The number of aromatic nitrogens is 1. The van der Waals surface area contributed by atoms with Gasteiger partial charge in [-0.3, -0.25) is 9.59 Å². The third-order valence-corrected chi connectivity index (χ3v) is 6.15. The van der Waals surface area contributed by atoms with E-state index in [-0.39, 0.29) is 10.8 Å². The number of carbonyl (C=O) groups excluding carboxylic acids is 1. The standard InChI is InChI=1S/C16H16N2O5S2/c1-25(22,23)9-6-7-12-13(8-9)24-16(17-12)18-14(19)10-4-2-3-5-11(10)15(20)21/h2-3,6-8,10-11H,4-5H2,1H3,(H,20,21)(H,17,18,19). The molecule has 2 atom stereocenters. The summed E-state index contributed by atoms with van der Waals surface area (Å²) in [4.78, 5) is 28.2. The van der Waals surface area contributed by atoms with E-state index in [9.17, 15) is 23.1 Å². The number of benzene rings is 1. The number of amides is 1. The lowest BCUT2D eigenvalue weighted by Gasteiger charge is -2.23. The molecule has 0 aliphatic heterocycles. The Morgan fingerprint density at radius 2 is 1.92 bits per heavy atom. The molecule has 1 aromatic carbocycles. The van der Waals surface area contributed by atoms with E-state index >= 15 is 0 Å². The van der Waals surface area contributed by atoms with Crippen LogP contribution in [0.2, 0.25) is 0 Å². The van der Waals surface area contributed by atoms with Crippen LogP contribution in [0, 0.1) is 11.8 Å². The predicted octanol–water partition coefficient (Wildman–Crippen LogP) is 2.31. The van der Waals surface area contributed by atoms with E-state index in [0.717, 1.165) is 17.6 Å². The van der Waals surface area contributed by atoms with Gasteiger partial charge in [-0.1, -0.05) is 23.5 Å². The van der Waals surface area contributed by atoms with E-state index in [0.29, 0.717) is 28.2 Å². The summed E-state index contributed by atoms with van der Waals surface area (Å²) >= 11 is 1.16. The number of rotatable bonds is 4. The normalized spacial score (nSPS) is 20.5. The van der Waals surface area contributed by atoms with Gasteiger partial charge in [-0.15, -0.1) is 0 Å². The van der Waals surface area contributed by atoms with Crippen LogP contribution in [0.3, 0.4) is 0 Å². The predicted molar refractivity (Wildman–Crippen MR) is 94.3 cm³/mol. The Morgan fingerprint density at radius 3 is 2.56 bits per heavy atom. The Hall–Kier alpha value is -2.26. The van der Waals surface area contributed by atoms with Crippen molar-refractivity contribution >= 4 is 48.4 Å². The Morgan fingerprint density at radius 1 is 1.24 bits per heavy atom. The van der Waals surface area contributed by atoms with Crippen molar-refractivity contribution < 1.29 is 23.1 Å². The number of sulfone groups is 1. The van der Waals surface area contributed by atoms with Crippen molar-refractivity contribution in [3.8, 4) is 0 Å². The van der Waals surface area contributed by atoms with E-state index in [1.807, 2.05) is 0 Å². The maximum absolute atomic E-state index is 12.4. The van der Waals surface area contributed by atoms with Gasteiger partial charge < -0.3 is 10.4 Å². The van der Waals surface area contributed by atoms with Crippen molar-refractivity contribution in [2.45, 2.75) is 17.7 Å². The van der Waals surface area contributed by atoms with Crippen LogP contribution in [0.4, 0.5) is 5.13 Å². The molecule has 2 unspecified atom stereocenters. The average Bonchev–Trinajstić information content (AvgIpc) is 2.95. The van der Waals surface area contributed by atoms with Gasteiger partial charge in [0.25, 0.3) is 0 Å². The third-order valence-electron chi connectivity index (χ3n) is 4.10. The molecule has 0 saturated carbocycles. The minimum Gasteiger partial charge on any atom is -0.481 e. The first-order chi connectivity index (χ1) is 11.8. The third kappa shape index (κ3) is 3.72. The zero-order valence-corrected chi connectivity index (χ0v) is 14.9. The summed E-state index contributed by atoms with van der Waals surface area (Å²) in [6, 6.07) is 4.57. The van der Waals surface area contributed by atoms with Gasteiger partial charge >= 0.3 is 5.97 Å². The number of fused-ring (bicyclic) bond motifs is 1. The molecule has 0 bridgehead atoms. The molecule has 3 rings (SSSR count). The topological polar surface area (TPSA) is 113 Å². The minimum absolute atomic E-state index is 0.185. The van der Waals surface area contributed by atoms with Crippen molar-refractivity contribution in [2.75, 3.05) is 11.6 Å². The van der Waals surface area contributed by atoms with E-state index in [4.69, 9.17) is 0 Å². The highest BCUT2D eigenvalue weighted by Crippen LogP contribution is 2.31. The first-order valence-corrected chi connectivity index (χ1v) is 10.3. The van der Waals surface area contributed by atoms with Gasteiger partial charge in [0.05, 0.1) is 26.9 Å². The van der Waals surface area contributed by atoms with Gasteiger partial charge in [0, 0.05) is 6.26 Å². The number of anilines is 1. The molecule has 25 heavy (non-hydrogen) atoms. The van der Waals surface area contributed by atoms with Crippen LogP contribution in [0.15, 0.2) is 35.2 Å². The second kappa shape index (κ2) is 6.57. The van der Waals surface area contributed by atoms with Crippen molar-refractivity contribution in [1.82, 2.24) is 4.98 Å². The smallest absolute Gasteiger partial charge is 0.307 e. The van der Waals surface area contributed by atoms with Crippen LogP contribution in [0.25, 0.3) is 10.2 Å². The summed E-state index contributed by atoms with van der Waals surface area (Å²) in [6.07, 6.45) is 5.39. The van der Waals surface area contributed by atoms with Crippen LogP contribution in [0.5, 0.6) is 0 Å². The molecule has 2 N–H and O–H groups in total. The quantitative estimate of drug-likeness (QED) is 0.787.